The van der Waals surface area contributed by atoms with E-state index in [-0.39, 0.29) is 16.5 Å². The first kappa shape index (κ1) is 13.4. The molecule has 0 bridgehead atoms. The van der Waals surface area contributed by atoms with Gasteiger partial charge >= 0.3 is 0 Å². The fourth-order valence-electron chi connectivity index (χ4n) is 1.31. The Morgan fingerprint density at radius 1 is 1.42 bits per heavy atom. The summed E-state index contributed by atoms with van der Waals surface area (Å²) in [6.45, 7) is 0. The molecule has 19 heavy (non-hydrogen) atoms. The van der Waals surface area contributed by atoms with Crippen molar-refractivity contribution in [3.05, 3.63) is 57.5 Å². The van der Waals surface area contributed by atoms with Gasteiger partial charge in [-0.3, -0.25) is 15.5 Å². The van der Waals surface area contributed by atoms with Gasteiger partial charge in [-0.05, 0) is 18.2 Å². The first-order valence-electron chi connectivity index (χ1n) is 5.03. The molecule has 1 aromatic heterocycles. The molecule has 2 rings (SSSR count). The second kappa shape index (κ2) is 5.73. The molecule has 0 aliphatic carbocycles. The highest BCUT2D eigenvalue weighted by molar-refractivity contribution is 6.69. The second-order valence-corrected chi connectivity index (χ2v) is 4.24. The molecule has 6 nitrogen and oxygen atoms in total. The average molecular weight is 300 g/mol. The lowest BCUT2D eigenvalue weighted by Gasteiger charge is -2.03. The van der Waals surface area contributed by atoms with Crippen LogP contribution in [-0.4, -0.2) is 10.1 Å². The van der Waals surface area contributed by atoms with Gasteiger partial charge in [-0.1, -0.05) is 23.2 Å². The van der Waals surface area contributed by atoms with Crippen LogP contribution in [0.25, 0.3) is 0 Å². The lowest BCUT2D eigenvalue weighted by molar-refractivity contribution is -0.384. The Bertz CT molecular complexity index is 626. The lowest BCUT2D eigenvalue weighted by Crippen LogP contribution is -1.99. The third-order valence-corrected chi connectivity index (χ3v) is 2.73. The van der Waals surface area contributed by atoms with Gasteiger partial charge in [0.15, 0.2) is 5.17 Å². The molecule has 0 atom stereocenters. The third kappa shape index (κ3) is 3.24. The Morgan fingerprint density at radius 2 is 2.21 bits per heavy atom. The van der Waals surface area contributed by atoms with E-state index in [4.69, 9.17) is 27.6 Å². The van der Waals surface area contributed by atoms with Crippen molar-refractivity contribution in [3.63, 3.8) is 0 Å². The molecule has 1 heterocycles. The number of hydrogen-bond acceptors (Lipinski definition) is 5. The number of halogens is 2. The summed E-state index contributed by atoms with van der Waals surface area (Å²) in [5.74, 6) is 0. The van der Waals surface area contributed by atoms with E-state index in [9.17, 15) is 10.1 Å². The van der Waals surface area contributed by atoms with E-state index in [0.29, 0.717) is 10.6 Å². The summed E-state index contributed by atoms with van der Waals surface area (Å²) in [5, 5.41) is 15.1. The standard InChI is InChI=1S/C11H7Cl2N3O3/c12-8-1-2-10(16(17)18)9(5-8)14-15-11(13)7-3-4-19-6-7/h1-6,14H/b15-11+. The van der Waals surface area contributed by atoms with Crippen LogP contribution >= 0.6 is 23.2 Å². The number of benzene rings is 1. The maximum Gasteiger partial charge on any atom is 0.294 e. The van der Waals surface area contributed by atoms with Crippen molar-refractivity contribution in [2.24, 2.45) is 5.10 Å². The maximum absolute atomic E-state index is 10.8. The van der Waals surface area contributed by atoms with E-state index in [0.717, 1.165) is 0 Å². The molecule has 0 aliphatic rings. The van der Waals surface area contributed by atoms with Crippen LogP contribution in [0, 0.1) is 10.1 Å². The van der Waals surface area contributed by atoms with Crippen LogP contribution in [0.2, 0.25) is 5.02 Å². The van der Waals surface area contributed by atoms with Crippen molar-refractivity contribution in [2.45, 2.75) is 0 Å². The van der Waals surface area contributed by atoms with Gasteiger partial charge in [-0.15, -0.1) is 0 Å². The predicted octanol–water partition coefficient (Wildman–Crippen LogP) is 3.85. The largest absolute Gasteiger partial charge is 0.472 e. The van der Waals surface area contributed by atoms with Crippen molar-refractivity contribution < 1.29 is 9.34 Å². The zero-order valence-electron chi connectivity index (χ0n) is 9.34. The van der Waals surface area contributed by atoms with Crippen LogP contribution in [0.3, 0.4) is 0 Å². The third-order valence-electron chi connectivity index (χ3n) is 2.19. The molecule has 0 aliphatic heterocycles. The fraction of sp³-hybridized carbons (Fsp3) is 0. The summed E-state index contributed by atoms with van der Waals surface area (Å²) in [6, 6.07) is 5.71. The first-order valence-corrected chi connectivity index (χ1v) is 5.79. The van der Waals surface area contributed by atoms with Crippen molar-refractivity contribution in [3.8, 4) is 0 Å². The maximum atomic E-state index is 10.8. The van der Waals surface area contributed by atoms with E-state index in [1.807, 2.05) is 0 Å². The minimum absolute atomic E-state index is 0.114. The molecule has 0 saturated carbocycles. The highest BCUT2D eigenvalue weighted by atomic mass is 35.5. The number of hydrogen-bond donors (Lipinski definition) is 1. The fourth-order valence-corrected chi connectivity index (χ4v) is 1.63. The predicted molar refractivity (Wildman–Crippen MR) is 72.8 cm³/mol. The molecule has 0 saturated heterocycles. The SMILES string of the molecule is O=[N+]([O-])c1ccc(Cl)cc1N/N=C(/Cl)c1ccoc1. The summed E-state index contributed by atoms with van der Waals surface area (Å²) in [5.41, 5.74) is 3.07. The van der Waals surface area contributed by atoms with Crippen LogP contribution in [0.15, 0.2) is 46.3 Å². The Morgan fingerprint density at radius 3 is 2.84 bits per heavy atom. The van der Waals surface area contributed by atoms with Crippen LogP contribution in [-0.2, 0) is 0 Å². The number of anilines is 1. The molecule has 0 radical (unpaired) electrons. The summed E-state index contributed by atoms with van der Waals surface area (Å²) < 4.78 is 4.85. The number of nitro benzene ring substituents is 1. The molecule has 8 heteroatoms. The molecule has 0 spiro atoms. The number of hydrazone groups is 1. The van der Waals surface area contributed by atoms with E-state index < -0.39 is 4.92 Å². The van der Waals surface area contributed by atoms with E-state index in [2.05, 4.69) is 10.5 Å². The normalized spacial score (nSPS) is 11.4. The van der Waals surface area contributed by atoms with Gasteiger partial charge in [-0.2, -0.15) is 5.10 Å². The Labute approximate surface area is 117 Å². The van der Waals surface area contributed by atoms with Gasteiger partial charge in [-0.25, -0.2) is 0 Å². The molecule has 0 unspecified atom stereocenters. The topological polar surface area (TPSA) is 80.7 Å². The Kier molecular flexibility index (Phi) is 4.03. The van der Waals surface area contributed by atoms with Gasteiger partial charge in [0.2, 0.25) is 0 Å². The van der Waals surface area contributed by atoms with E-state index >= 15 is 0 Å². The van der Waals surface area contributed by atoms with Crippen LogP contribution in [0.1, 0.15) is 5.56 Å². The van der Waals surface area contributed by atoms with Gasteiger partial charge in [0.05, 0.1) is 16.7 Å². The molecule has 1 N–H and O–H groups in total. The van der Waals surface area contributed by atoms with Gasteiger partial charge in [0.25, 0.3) is 5.69 Å². The number of nitrogens with one attached hydrogen (secondary N) is 1. The molecular formula is C11H7Cl2N3O3. The summed E-state index contributed by atoms with van der Waals surface area (Å²) in [6.07, 6.45) is 2.84. The monoisotopic (exact) mass is 299 g/mol. The molecule has 2 aromatic rings. The Balaban J connectivity index is 2.26. The highest BCUT2D eigenvalue weighted by Crippen LogP contribution is 2.27. The van der Waals surface area contributed by atoms with Crippen molar-refractivity contribution in [2.75, 3.05) is 5.43 Å². The molecule has 1 aromatic carbocycles. The summed E-state index contributed by atoms with van der Waals surface area (Å²) in [4.78, 5) is 10.3. The van der Waals surface area contributed by atoms with Crippen LogP contribution < -0.4 is 5.43 Å². The lowest BCUT2D eigenvalue weighted by atomic mass is 10.3. The number of nitro groups is 1. The Hall–Kier alpha value is -2.05. The van der Waals surface area contributed by atoms with Crippen molar-refractivity contribution in [1.82, 2.24) is 0 Å². The first-order chi connectivity index (χ1) is 9.08. The van der Waals surface area contributed by atoms with Crippen molar-refractivity contribution >= 4 is 39.7 Å². The number of nitrogens with zero attached hydrogens (tertiary/aromatic N) is 2. The van der Waals surface area contributed by atoms with Gasteiger partial charge in [0.1, 0.15) is 12.0 Å². The van der Waals surface area contributed by atoms with Gasteiger partial charge in [0, 0.05) is 11.1 Å². The van der Waals surface area contributed by atoms with Crippen LogP contribution in [0.5, 0.6) is 0 Å². The average Bonchev–Trinajstić information content (AvgIpc) is 2.89. The van der Waals surface area contributed by atoms with Crippen molar-refractivity contribution in [1.29, 1.82) is 0 Å². The number of furan rings is 1. The quantitative estimate of drug-likeness (QED) is 0.528. The molecule has 98 valence electrons. The van der Waals surface area contributed by atoms with Gasteiger partial charge < -0.3 is 4.42 Å². The highest BCUT2D eigenvalue weighted by Gasteiger charge is 2.13. The van der Waals surface area contributed by atoms with E-state index in [1.165, 1.54) is 30.7 Å². The summed E-state index contributed by atoms with van der Waals surface area (Å²) in [7, 11) is 0. The number of rotatable bonds is 4. The minimum Gasteiger partial charge on any atom is -0.472 e. The zero-order valence-corrected chi connectivity index (χ0v) is 10.9. The minimum atomic E-state index is -0.542. The smallest absolute Gasteiger partial charge is 0.294 e. The molecule has 0 fully saturated rings. The molecule has 0 amide bonds. The van der Waals surface area contributed by atoms with Crippen LogP contribution in [0.4, 0.5) is 11.4 Å². The molecular weight excluding hydrogens is 293 g/mol. The van der Waals surface area contributed by atoms with E-state index in [1.54, 1.807) is 6.07 Å². The second-order valence-electron chi connectivity index (χ2n) is 3.45. The zero-order chi connectivity index (χ0) is 13.8. The summed E-state index contributed by atoms with van der Waals surface area (Å²) >= 11 is 11.7.